The number of ether oxygens (including phenoxy) is 1. The van der Waals surface area contributed by atoms with Crippen molar-refractivity contribution in [2.45, 2.75) is 56.4 Å². The third-order valence-corrected chi connectivity index (χ3v) is 6.97. The highest BCUT2D eigenvalue weighted by Crippen LogP contribution is 2.24. The van der Waals surface area contributed by atoms with E-state index in [1.807, 2.05) is 6.92 Å². The molecule has 0 radical (unpaired) electrons. The average molecular weight is 379 g/mol. The lowest BCUT2D eigenvalue weighted by molar-refractivity contribution is -0.129. The van der Waals surface area contributed by atoms with Crippen LogP contribution in [0, 0.1) is 5.92 Å². The van der Waals surface area contributed by atoms with Gasteiger partial charge in [-0.15, -0.1) is 0 Å². The Balaban J connectivity index is 1.69. The van der Waals surface area contributed by atoms with Crippen molar-refractivity contribution in [1.29, 1.82) is 0 Å². The molecule has 0 spiro atoms. The summed E-state index contributed by atoms with van der Waals surface area (Å²) in [5.74, 6) is -0.274. The van der Waals surface area contributed by atoms with E-state index in [0.717, 1.165) is 25.7 Å². The van der Waals surface area contributed by atoms with Gasteiger partial charge in [-0.25, -0.2) is 13.2 Å². The molecule has 142 valence electrons. The van der Waals surface area contributed by atoms with Crippen molar-refractivity contribution in [3.8, 4) is 0 Å². The van der Waals surface area contributed by atoms with E-state index < -0.39 is 22.1 Å². The van der Waals surface area contributed by atoms with Gasteiger partial charge in [0, 0.05) is 19.5 Å². The maximum atomic E-state index is 12.7. The Labute approximate surface area is 154 Å². The summed E-state index contributed by atoms with van der Waals surface area (Å²) in [4.78, 5) is 24.2. The first-order valence-electron chi connectivity index (χ1n) is 9.22. The van der Waals surface area contributed by atoms with Crippen molar-refractivity contribution in [3.63, 3.8) is 0 Å². The topological polar surface area (TPSA) is 80.8 Å². The summed E-state index contributed by atoms with van der Waals surface area (Å²) in [6, 6.07) is 5.79. The predicted octanol–water partition coefficient (Wildman–Crippen LogP) is 2.78. The smallest absolute Gasteiger partial charge is 0.338 e. The van der Waals surface area contributed by atoms with Crippen LogP contribution in [-0.2, 0) is 19.6 Å². The van der Waals surface area contributed by atoms with Crippen LogP contribution in [0.25, 0.3) is 0 Å². The molecule has 2 unspecified atom stereocenters. The summed E-state index contributed by atoms with van der Waals surface area (Å²) in [7, 11) is -3.55. The summed E-state index contributed by atoms with van der Waals surface area (Å²) in [6.07, 6.45) is 3.95. The van der Waals surface area contributed by atoms with Crippen molar-refractivity contribution < 1.29 is 22.7 Å². The van der Waals surface area contributed by atoms with Gasteiger partial charge in [0.05, 0.1) is 10.5 Å². The zero-order valence-corrected chi connectivity index (χ0v) is 15.8. The number of esters is 1. The van der Waals surface area contributed by atoms with Crippen molar-refractivity contribution >= 4 is 21.8 Å². The number of Topliss-reactive ketones (excluding diaryl/α,β-unsaturated/α-hetero) is 1. The second-order valence-electron chi connectivity index (χ2n) is 7.24. The fourth-order valence-electron chi connectivity index (χ4n) is 3.55. The molecule has 0 amide bonds. The maximum Gasteiger partial charge on any atom is 0.338 e. The maximum absolute atomic E-state index is 12.7. The molecule has 26 heavy (non-hydrogen) atoms. The first-order chi connectivity index (χ1) is 12.4. The van der Waals surface area contributed by atoms with Crippen molar-refractivity contribution in [2.24, 2.45) is 5.92 Å². The third kappa shape index (κ3) is 4.15. The number of benzene rings is 1. The normalized spacial score (nSPS) is 25.0. The van der Waals surface area contributed by atoms with E-state index in [0.29, 0.717) is 31.8 Å². The van der Waals surface area contributed by atoms with Gasteiger partial charge in [-0.3, -0.25) is 4.79 Å². The van der Waals surface area contributed by atoms with Crippen LogP contribution in [0.15, 0.2) is 29.2 Å². The molecule has 1 saturated carbocycles. The van der Waals surface area contributed by atoms with E-state index in [1.165, 1.54) is 28.6 Å². The fraction of sp³-hybridized carbons (Fsp3) is 0.579. The molecule has 1 aliphatic carbocycles. The van der Waals surface area contributed by atoms with Crippen molar-refractivity contribution in [3.05, 3.63) is 29.8 Å². The first-order valence-corrected chi connectivity index (χ1v) is 10.7. The Kier molecular flexibility index (Phi) is 5.77. The molecule has 3 rings (SSSR count). The van der Waals surface area contributed by atoms with Gasteiger partial charge in [0.2, 0.25) is 10.0 Å². The molecular formula is C19H25NO5S. The predicted molar refractivity (Wildman–Crippen MR) is 96.3 cm³/mol. The molecule has 2 aliphatic rings. The third-order valence-electron chi connectivity index (χ3n) is 5.10. The Morgan fingerprint density at radius 3 is 2.50 bits per heavy atom. The van der Waals surface area contributed by atoms with Gasteiger partial charge in [0.25, 0.3) is 0 Å². The lowest BCUT2D eigenvalue weighted by Crippen LogP contribution is -2.39. The lowest BCUT2D eigenvalue weighted by Gasteiger charge is -2.30. The van der Waals surface area contributed by atoms with Crippen LogP contribution < -0.4 is 0 Å². The van der Waals surface area contributed by atoms with E-state index in [1.54, 1.807) is 0 Å². The largest absolute Gasteiger partial charge is 0.451 e. The van der Waals surface area contributed by atoms with Crippen LogP contribution in [0.5, 0.6) is 0 Å². The molecule has 1 aromatic rings. The Hall–Kier alpha value is -1.73. The summed E-state index contributed by atoms with van der Waals surface area (Å²) >= 11 is 0. The molecule has 2 fully saturated rings. The van der Waals surface area contributed by atoms with Gasteiger partial charge in [-0.05, 0) is 62.3 Å². The van der Waals surface area contributed by atoms with Crippen molar-refractivity contribution in [2.75, 3.05) is 13.1 Å². The minimum absolute atomic E-state index is 0.0389. The molecule has 0 bridgehead atoms. The highest BCUT2D eigenvalue weighted by Gasteiger charge is 2.29. The number of hydrogen-bond donors (Lipinski definition) is 0. The Morgan fingerprint density at radius 2 is 1.85 bits per heavy atom. The lowest BCUT2D eigenvalue weighted by atomic mass is 9.96. The quantitative estimate of drug-likeness (QED) is 0.752. The Morgan fingerprint density at radius 1 is 1.12 bits per heavy atom. The number of piperidine rings is 1. The molecule has 1 saturated heterocycles. The number of ketones is 1. The van der Waals surface area contributed by atoms with Crippen LogP contribution in [-0.4, -0.2) is 43.7 Å². The number of carbonyl (C=O) groups excluding carboxylic acids is 2. The number of rotatable bonds is 4. The van der Waals surface area contributed by atoms with Gasteiger partial charge >= 0.3 is 5.97 Å². The van der Waals surface area contributed by atoms with Gasteiger partial charge in [0.1, 0.15) is 0 Å². The molecule has 1 aromatic carbocycles. The molecule has 6 nitrogen and oxygen atoms in total. The van der Waals surface area contributed by atoms with E-state index in [9.17, 15) is 18.0 Å². The molecule has 1 heterocycles. The molecular weight excluding hydrogens is 354 g/mol. The number of carbonyl (C=O) groups is 2. The van der Waals surface area contributed by atoms with Crippen LogP contribution in [0.2, 0.25) is 0 Å². The number of nitrogens with zero attached hydrogens (tertiary/aromatic N) is 1. The van der Waals surface area contributed by atoms with E-state index in [2.05, 4.69) is 0 Å². The second-order valence-corrected chi connectivity index (χ2v) is 9.18. The second kappa shape index (κ2) is 7.88. The zero-order valence-electron chi connectivity index (χ0n) is 15.0. The van der Waals surface area contributed by atoms with Crippen LogP contribution in [0.3, 0.4) is 0 Å². The number of sulfonamides is 1. The van der Waals surface area contributed by atoms with Gasteiger partial charge < -0.3 is 4.74 Å². The Bertz CT molecular complexity index is 772. The van der Waals surface area contributed by atoms with Crippen LogP contribution in [0.1, 0.15) is 55.8 Å². The average Bonchev–Trinajstić information content (AvgIpc) is 2.63. The molecule has 0 aromatic heterocycles. The first kappa shape index (κ1) is 19.0. The minimum atomic E-state index is -3.55. The minimum Gasteiger partial charge on any atom is -0.451 e. The van der Waals surface area contributed by atoms with Gasteiger partial charge in [-0.1, -0.05) is 6.92 Å². The molecule has 0 N–H and O–H groups in total. The summed E-state index contributed by atoms with van der Waals surface area (Å²) in [5.41, 5.74) is 0.259. The summed E-state index contributed by atoms with van der Waals surface area (Å²) in [5, 5.41) is 0. The van der Waals surface area contributed by atoms with Gasteiger partial charge in [0.15, 0.2) is 11.9 Å². The highest BCUT2D eigenvalue weighted by atomic mass is 32.2. The van der Waals surface area contributed by atoms with Crippen LogP contribution in [0.4, 0.5) is 0 Å². The fourth-order valence-corrected chi connectivity index (χ4v) is 5.15. The van der Waals surface area contributed by atoms with E-state index in [4.69, 9.17) is 4.74 Å². The molecule has 7 heteroatoms. The van der Waals surface area contributed by atoms with E-state index >= 15 is 0 Å². The standard InChI is InChI=1S/C19H25NO5S/c1-14-5-4-12-20(13-14)26(23,24)16-10-8-15(9-11-16)19(22)25-18-7-3-2-6-17(18)21/h8-11,14,18H,2-7,12-13H2,1H3. The number of hydrogen-bond acceptors (Lipinski definition) is 5. The molecule has 2 atom stereocenters. The van der Waals surface area contributed by atoms with E-state index in [-0.39, 0.29) is 16.2 Å². The zero-order chi connectivity index (χ0) is 18.7. The van der Waals surface area contributed by atoms with Crippen LogP contribution >= 0.6 is 0 Å². The monoisotopic (exact) mass is 379 g/mol. The SMILES string of the molecule is CC1CCCN(S(=O)(=O)c2ccc(C(=O)OC3CCCCC3=O)cc2)C1. The summed E-state index contributed by atoms with van der Waals surface area (Å²) < 4.78 is 32.3. The highest BCUT2D eigenvalue weighted by molar-refractivity contribution is 7.89. The van der Waals surface area contributed by atoms with Gasteiger partial charge in [-0.2, -0.15) is 4.31 Å². The molecule has 1 aliphatic heterocycles. The summed E-state index contributed by atoms with van der Waals surface area (Å²) in [6.45, 7) is 3.10. The van der Waals surface area contributed by atoms with Crippen molar-refractivity contribution in [1.82, 2.24) is 4.31 Å².